The number of hydrogen-bond donors (Lipinski definition) is 2. The minimum atomic E-state index is -1.79. The number of carbonyl (C=O) groups excluding carboxylic acids is 2. The fourth-order valence-corrected chi connectivity index (χ4v) is 1.69. The van der Waals surface area contributed by atoms with Crippen LogP contribution >= 0.6 is 24.7 Å². The van der Waals surface area contributed by atoms with E-state index in [1.165, 1.54) is 11.8 Å². The van der Waals surface area contributed by atoms with Crippen LogP contribution in [0.4, 0.5) is 0 Å². The molecule has 0 aromatic rings. The van der Waals surface area contributed by atoms with Crippen LogP contribution in [-0.2, 0) is 18.5 Å². The van der Waals surface area contributed by atoms with Crippen LogP contribution in [0.25, 0.3) is 0 Å². The second kappa shape index (κ2) is 6.51. The fourth-order valence-electron chi connectivity index (χ4n) is 1.00. The molecule has 7 heteroatoms. The van der Waals surface area contributed by atoms with Crippen LogP contribution in [0, 0.1) is 0 Å². The minimum absolute atomic E-state index is 0.141. The van der Waals surface area contributed by atoms with Crippen molar-refractivity contribution in [2.45, 2.75) is 38.3 Å². The molecule has 0 heterocycles. The molecule has 2 N–H and O–H groups in total. The first-order chi connectivity index (χ1) is 7.67. The number of carbonyl (C=O) groups is 2. The first-order valence-electron chi connectivity index (χ1n) is 5.04. The molecule has 0 fully saturated rings. The SMILES string of the molecule is CSCCC(N)(C(=O)OS)C(=O)OC(C)(C)C. The van der Waals surface area contributed by atoms with Crippen molar-refractivity contribution in [1.82, 2.24) is 0 Å². The lowest BCUT2D eigenvalue weighted by atomic mass is 9.97. The van der Waals surface area contributed by atoms with Gasteiger partial charge in [0.25, 0.3) is 0 Å². The number of esters is 1. The van der Waals surface area contributed by atoms with E-state index >= 15 is 0 Å². The van der Waals surface area contributed by atoms with Gasteiger partial charge in [-0.25, -0.2) is 9.59 Å². The average molecular weight is 281 g/mol. The van der Waals surface area contributed by atoms with E-state index in [0.29, 0.717) is 5.75 Å². The number of nitrogens with two attached hydrogens (primary N) is 1. The highest BCUT2D eigenvalue weighted by Crippen LogP contribution is 2.19. The van der Waals surface area contributed by atoms with Gasteiger partial charge in [-0.1, -0.05) is 0 Å². The predicted molar refractivity (Wildman–Crippen MR) is 70.8 cm³/mol. The van der Waals surface area contributed by atoms with Gasteiger partial charge in [-0.15, -0.1) is 0 Å². The van der Waals surface area contributed by atoms with Crippen molar-refractivity contribution in [3.63, 3.8) is 0 Å². The maximum absolute atomic E-state index is 11.9. The van der Waals surface area contributed by atoms with E-state index in [-0.39, 0.29) is 6.42 Å². The van der Waals surface area contributed by atoms with Crippen LogP contribution in [0.5, 0.6) is 0 Å². The van der Waals surface area contributed by atoms with Crippen molar-refractivity contribution in [2.24, 2.45) is 5.73 Å². The lowest BCUT2D eigenvalue weighted by Gasteiger charge is -2.28. The van der Waals surface area contributed by atoms with E-state index in [1.54, 1.807) is 20.8 Å². The number of thioether (sulfide) groups is 1. The number of rotatable bonds is 5. The molecule has 1 unspecified atom stereocenters. The van der Waals surface area contributed by atoms with E-state index in [9.17, 15) is 9.59 Å². The Morgan fingerprint density at radius 3 is 2.18 bits per heavy atom. The van der Waals surface area contributed by atoms with Gasteiger partial charge in [-0.3, -0.25) is 0 Å². The van der Waals surface area contributed by atoms with Gasteiger partial charge in [-0.05, 0) is 39.2 Å². The normalized spacial score (nSPS) is 14.9. The molecule has 0 saturated heterocycles. The van der Waals surface area contributed by atoms with Crippen molar-refractivity contribution in [3.05, 3.63) is 0 Å². The van der Waals surface area contributed by atoms with Crippen molar-refractivity contribution >= 4 is 36.6 Å². The topological polar surface area (TPSA) is 78.6 Å². The summed E-state index contributed by atoms with van der Waals surface area (Å²) < 4.78 is 9.38. The third-order valence-corrected chi connectivity index (χ3v) is 2.69. The molecule has 0 aromatic heterocycles. The molecule has 0 amide bonds. The van der Waals surface area contributed by atoms with Crippen LogP contribution in [0.1, 0.15) is 27.2 Å². The first-order valence-corrected chi connectivity index (χ1v) is 6.80. The lowest BCUT2D eigenvalue weighted by Crippen LogP contribution is -2.57. The Balaban J connectivity index is 4.91. The summed E-state index contributed by atoms with van der Waals surface area (Å²) in [6.07, 6.45) is 1.99. The van der Waals surface area contributed by atoms with E-state index in [0.717, 1.165) is 0 Å². The van der Waals surface area contributed by atoms with Crippen molar-refractivity contribution in [2.75, 3.05) is 12.0 Å². The van der Waals surface area contributed by atoms with Crippen LogP contribution in [-0.4, -0.2) is 35.1 Å². The largest absolute Gasteiger partial charge is 0.458 e. The molecular weight excluding hydrogens is 262 g/mol. The third-order valence-electron chi connectivity index (χ3n) is 1.91. The summed E-state index contributed by atoms with van der Waals surface area (Å²) in [5, 5.41) is 0. The second-order valence-electron chi connectivity index (χ2n) is 4.59. The van der Waals surface area contributed by atoms with E-state index in [4.69, 9.17) is 10.5 Å². The molecule has 1 atom stereocenters. The Bertz CT molecular complexity index is 291. The molecule has 0 saturated carbocycles. The van der Waals surface area contributed by atoms with Gasteiger partial charge in [0, 0.05) is 12.9 Å². The Morgan fingerprint density at radius 2 is 1.82 bits per heavy atom. The molecule has 0 aliphatic heterocycles. The maximum atomic E-state index is 11.9. The Kier molecular flexibility index (Phi) is 6.36. The monoisotopic (exact) mass is 281 g/mol. The summed E-state index contributed by atoms with van der Waals surface area (Å²) in [5.74, 6) is -1.15. The fraction of sp³-hybridized carbons (Fsp3) is 0.800. The molecule has 0 bridgehead atoms. The van der Waals surface area contributed by atoms with Gasteiger partial charge in [0.05, 0.1) is 0 Å². The zero-order valence-electron chi connectivity index (χ0n) is 10.5. The molecule has 0 aliphatic carbocycles. The van der Waals surface area contributed by atoms with Crippen molar-refractivity contribution in [1.29, 1.82) is 0 Å². The van der Waals surface area contributed by atoms with Gasteiger partial charge in [0.15, 0.2) is 0 Å². The highest BCUT2D eigenvalue weighted by Gasteiger charge is 2.46. The summed E-state index contributed by atoms with van der Waals surface area (Å²) in [4.78, 5) is 23.4. The Labute approximate surface area is 111 Å². The molecule has 0 aliphatic rings. The van der Waals surface area contributed by atoms with Crippen molar-refractivity contribution in [3.8, 4) is 0 Å². The molecule has 0 aromatic carbocycles. The quantitative estimate of drug-likeness (QED) is 0.341. The van der Waals surface area contributed by atoms with Crippen LogP contribution in [0.15, 0.2) is 0 Å². The van der Waals surface area contributed by atoms with Gasteiger partial charge in [0.1, 0.15) is 5.60 Å². The molecule has 100 valence electrons. The summed E-state index contributed by atoms with van der Waals surface area (Å²) in [5.41, 5.74) is 3.27. The zero-order chi connectivity index (χ0) is 13.7. The lowest BCUT2D eigenvalue weighted by molar-refractivity contribution is -0.167. The average Bonchev–Trinajstić information content (AvgIpc) is 2.22. The van der Waals surface area contributed by atoms with Gasteiger partial charge >= 0.3 is 11.9 Å². The standard InChI is InChI=1S/C10H19NO4S2/c1-9(2,3)14-7(12)10(11,5-6-17-4)8(13)15-16/h16H,5-6,11H2,1-4H3. The van der Waals surface area contributed by atoms with E-state index in [1.807, 2.05) is 6.26 Å². The smallest absolute Gasteiger partial charge is 0.349 e. The number of hydrogen-bond acceptors (Lipinski definition) is 7. The predicted octanol–water partition coefficient (Wildman–Crippen LogP) is 1.17. The highest BCUT2D eigenvalue weighted by atomic mass is 32.2. The van der Waals surface area contributed by atoms with Crippen molar-refractivity contribution < 1.29 is 18.5 Å². The first kappa shape index (κ1) is 16.6. The van der Waals surface area contributed by atoms with E-state index in [2.05, 4.69) is 17.1 Å². The third kappa shape index (κ3) is 5.18. The van der Waals surface area contributed by atoms with Gasteiger partial charge < -0.3 is 14.7 Å². The Morgan fingerprint density at radius 1 is 1.29 bits per heavy atom. The molecule has 17 heavy (non-hydrogen) atoms. The number of ether oxygens (including phenoxy) is 1. The molecule has 0 rings (SSSR count). The second-order valence-corrected chi connectivity index (χ2v) is 5.76. The molecular formula is C10H19NO4S2. The van der Waals surface area contributed by atoms with Crippen LogP contribution in [0.2, 0.25) is 0 Å². The molecule has 0 spiro atoms. The molecule has 5 nitrogen and oxygen atoms in total. The minimum Gasteiger partial charge on any atom is -0.458 e. The zero-order valence-corrected chi connectivity index (χ0v) is 12.2. The highest BCUT2D eigenvalue weighted by molar-refractivity contribution is 7.98. The summed E-state index contributed by atoms with van der Waals surface area (Å²) in [6.45, 7) is 5.10. The summed E-state index contributed by atoms with van der Waals surface area (Å²) >= 11 is 4.86. The summed E-state index contributed by atoms with van der Waals surface area (Å²) in [7, 11) is 0. The molecule has 0 radical (unpaired) electrons. The van der Waals surface area contributed by atoms with Crippen LogP contribution < -0.4 is 5.73 Å². The van der Waals surface area contributed by atoms with Gasteiger partial charge in [0.2, 0.25) is 5.54 Å². The summed E-state index contributed by atoms with van der Waals surface area (Å²) in [6, 6.07) is 0. The van der Waals surface area contributed by atoms with Gasteiger partial charge in [-0.2, -0.15) is 11.8 Å². The number of thiol groups is 1. The maximum Gasteiger partial charge on any atom is 0.349 e. The van der Waals surface area contributed by atoms with E-state index < -0.39 is 23.1 Å². The Hall–Kier alpha value is -0.400. The van der Waals surface area contributed by atoms with Crippen LogP contribution in [0.3, 0.4) is 0 Å².